The molecule has 0 fully saturated rings. The number of thioether (sulfide) groups is 1. The maximum Gasteiger partial charge on any atom is 0.472 e. The minimum Gasteiger partial charge on any atom is -0.329 e. The highest BCUT2D eigenvalue weighted by atomic mass is 32.2. The molecule has 1 heterocycles. The molecule has 44 heavy (non-hydrogen) atoms. The lowest BCUT2D eigenvalue weighted by atomic mass is 10.2. The highest BCUT2D eigenvalue weighted by molar-refractivity contribution is 7.98. The number of terminal acetylenes is 3. The Morgan fingerprint density at radius 2 is 1.55 bits per heavy atom. The van der Waals surface area contributed by atoms with Gasteiger partial charge >= 0.3 is 13.5 Å². The molecule has 3 amide bonds. The first-order valence-corrected chi connectivity index (χ1v) is 15.6. The number of amides is 3. The minimum absolute atomic E-state index is 0.0385. The van der Waals surface area contributed by atoms with Gasteiger partial charge in [-0.3, -0.25) is 33.5 Å². The third-order valence-corrected chi connectivity index (χ3v) is 7.31. The number of hydrogen-bond donors (Lipinski definition) is 1. The van der Waals surface area contributed by atoms with Crippen molar-refractivity contribution >= 4 is 43.0 Å². The van der Waals surface area contributed by atoms with E-state index in [0.29, 0.717) is 11.0 Å². The van der Waals surface area contributed by atoms with Crippen LogP contribution >= 0.6 is 19.6 Å². The van der Waals surface area contributed by atoms with Gasteiger partial charge in [0.05, 0.1) is 57.9 Å². The molecule has 0 aliphatic carbocycles. The molecule has 0 aliphatic heterocycles. The first-order valence-electron chi connectivity index (χ1n) is 12.8. The van der Waals surface area contributed by atoms with Gasteiger partial charge in [0, 0.05) is 18.8 Å². The van der Waals surface area contributed by atoms with Crippen LogP contribution in [-0.4, -0.2) is 138 Å². The van der Waals surface area contributed by atoms with E-state index in [0.717, 1.165) is 38.7 Å². The molecular weight excluding hydrogens is 615 g/mol. The van der Waals surface area contributed by atoms with Crippen LogP contribution in [-0.2, 0) is 23.2 Å². The Balaban J connectivity index is 2.97. The molecule has 0 aliphatic rings. The van der Waals surface area contributed by atoms with Crippen LogP contribution in [0.15, 0.2) is 17.3 Å². The molecule has 0 spiro atoms. The van der Waals surface area contributed by atoms with Crippen LogP contribution in [0.25, 0.3) is 0 Å². The van der Waals surface area contributed by atoms with Crippen LogP contribution in [0.3, 0.4) is 0 Å². The number of phosphoric ester groups is 1. The summed E-state index contributed by atoms with van der Waals surface area (Å²) in [6, 6.07) is 1.04. The van der Waals surface area contributed by atoms with E-state index in [4.69, 9.17) is 28.3 Å². The first-order chi connectivity index (χ1) is 20.6. The van der Waals surface area contributed by atoms with Gasteiger partial charge in [-0.05, 0) is 6.26 Å². The topological polar surface area (TPSA) is 173 Å². The van der Waals surface area contributed by atoms with Gasteiger partial charge in [0.1, 0.15) is 26.2 Å². The number of pyridine rings is 1. The molecule has 1 unspecified atom stereocenters. The molecule has 0 radical (unpaired) electrons. The Morgan fingerprint density at radius 3 is 2.09 bits per heavy atom. The fourth-order valence-corrected chi connectivity index (χ4v) is 4.54. The van der Waals surface area contributed by atoms with E-state index < -0.39 is 50.2 Å². The zero-order valence-corrected chi connectivity index (χ0v) is 26.7. The lowest BCUT2D eigenvalue weighted by Crippen LogP contribution is -2.48. The molecule has 238 valence electrons. The maximum absolute atomic E-state index is 13.2. The third kappa shape index (κ3) is 13.1. The van der Waals surface area contributed by atoms with Crippen molar-refractivity contribution in [3.05, 3.63) is 27.9 Å². The van der Waals surface area contributed by atoms with E-state index in [-0.39, 0.29) is 49.1 Å². The lowest BCUT2D eigenvalue weighted by Gasteiger charge is -2.28. The van der Waals surface area contributed by atoms with E-state index >= 15 is 0 Å². The Bertz CT molecular complexity index is 1380. The smallest absolute Gasteiger partial charge is 0.329 e. The molecule has 17 heteroatoms. The first kappa shape index (κ1) is 38.1. The fraction of sp³-hybridized carbons (Fsp3) is 0.481. The Kier molecular flexibility index (Phi) is 15.6. The predicted molar refractivity (Wildman–Crippen MR) is 163 cm³/mol. The number of nitrogens with zero attached hydrogens (tertiary/aromatic N) is 6. The molecule has 1 aromatic rings. The standard InChI is InChI=1S/C27H35N6O9PS/c1-8-11-29(14-16-41-43(39,40)42-17-15-33(4,5)6)24(34)20-30(12-9-2)25(35)21-31(13-10-3)27(36)22-18-23(32(37)38)26(44-7)28-19-22/h1-3,18-19H,11-17,20-21H2,4-7H3/p+1. The number of rotatable bonds is 18. The zero-order valence-electron chi connectivity index (χ0n) is 25.0. The summed E-state index contributed by atoms with van der Waals surface area (Å²) in [5.74, 6) is 4.62. The summed E-state index contributed by atoms with van der Waals surface area (Å²) in [6.45, 7) is -2.20. The normalized spacial score (nSPS) is 12.1. The van der Waals surface area contributed by atoms with Crippen molar-refractivity contribution in [2.75, 3.05) is 86.4 Å². The molecule has 1 N–H and O–H groups in total. The Morgan fingerprint density at radius 1 is 1.02 bits per heavy atom. The van der Waals surface area contributed by atoms with Crippen molar-refractivity contribution in [2.24, 2.45) is 0 Å². The lowest BCUT2D eigenvalue weighted by molar-refractivity contribution is -0.870. The van der Waals surface area contributed by atoms with Crippen molar-refractivity contribution in [1.29, 1.82) is 0 Å². The Hall–Kier alpha value is -3.94. The van der Waals surface area contributed by atoms with E-state index in [1.54, 1.807) is 6.26 Å². The summed E-state index contributed by atoms with van der Waals surface area (Å²) in [4.78, 5) is 67.0. The van der Waals surface area contributed by atoms with Gasteiger partial charge in [0.2, 0.25) is 11.8 Å². The summed E-state index contributed by atoms with van der Waals surface area (Å²) >= 11 is 1.03. The van der Waals surface area contributed by atoms with Gasteiger partial charge in [-0.15, -0.1) is 31.0 Å². The highest BCUT2D eigenvalue weighted by Gasteiger charge is 2.28. The summed E-state index contributed by atoms with van der Waals surface area (Å²) in [6.07, 6.45) is 18.9. The third-order valence-electron chi connectivity index (χ3n) is 5.59. The van der Waals surface area contributed by atoms with Crippen molar-refractivity contribution in [3.8, 4) is 37.0 Å². The molecule has 0 aromatic carbocycles. The number of hydrogen-bond acceptors (Lipinski definition) is 10. The van der Waals surface area contributed by atoms with Gasteiger partial charge in [-0.1, -0.05) is 17.8 Å². The zero-order chi connectivity index (χ0) is 33.5. The molecule has 15 nitrogen and oxygen atoms in total. The van der Waals surface area contributed by atoms with E-state index in [1.807, 2.05) is 21.1 Å². The quantitative estimate of drug-likeness (QED) is 0.0587. The second kappa shape index (κ2) is 18.0. The number of carbonyl (C=O) groups is 3. The van der Waals surface area contributed by atoms with Gasteiger partial charge in [0.25, 0.3) is 5.91 Å². The number of nitro groups is 1. The number of phosphoric acid groups is 1. The van der Waals surface area contributed by atoms with Crippen LogP contribution in [0.5, 0.6) is 0 Å². The summed E-state index contributed by atoms with van der Waals surface area (Å²) in [5, 5.41) is 11.5. The maximum atomic E-state index is 13.2. The number of likely N-dealkylation sites (N-methyl/N-ethyl adjacent to an activating group) is 1. The van der Waals surface area contributed by atoms with Crippen LogP contribution in [0.4, 0.5) is 5.69 Å². The van der Waals surface area contributed by atoms with E-state index in [2.05, 4.69) is 22.7 Å². The fourth-order valence-electron chi connectivity index (χ4n) is 3.34. The van der Waals surface area contributed by atoms with Crippen LogP contribution in [0.1, 0.15) is 10.4 Å². The van der Waals surface area contributed by atoms with Crippen molar-refractivity contribution in [1.82, 2.24) is 19.7 Å². The minimum atomic E-state index is -4.40. The van der Waals surface area contributed by atoms with Gasteiger partial charge in [-0.25, -0.2) is 9.55 Å². The van der Waals surface area contributed by atoms with Crippen molar-refractivity contribution in [2.45, 2.75) is 5.03 Å². The molecular formula is C27H36N6O9PS+. The average Bonchev–Trinajstić information content (AvgIpc) is 2.94. The number of carbonyl (C=O) groups excluding carboxylic acids is 3. The second-order valence-corrected chi connectivity index (χ2v) is 12.2. The average molecular weight is 652 g/mol. The molecule has 0 saturated carbocycles. The van der Waals surface area contributed by atoms with Gasteiger partial charge < -0.3 is 24.1 Å². The van der Waals surface area contributed by atoms with Crippen molar-refractivity contribution < 1.29 is 42.3 Å². The van der Waals surface area contributed by atoms with Crippen LogP contribution in [0, 0.1) is 47.1 Å². The summed E-state index contributed by atoms with van der Waals surface area (Å²) < 4.78 is 22.6. The van der Waals surface area contributed by atoms with E-state index in [1.165, 1.54) is 0 Å². The molecule has 0 saturated heterocycles. The van der Waals surface area contributed by atoms with Gasteiger partial charge in [-0.2, -0.15) is 0 Å². The number of quaternary nitrogens is 1. The molecule has 0 bridgehead atoms. The summed E-state index contributed by atoms with van der Waals surface area (Å²) in [7, 11) is 1.24. The Labute approximate surface area is 261 Å². The van der Waals surface area contributed by atoms with E-state index in [9.17, 15) is 34.0 Å². The summed E-state index contributed by atoms with van der Waals surface area (Å²) in [5.41, 5.74) is -0.555. The van der Waals surface area contributed by atoms with Crippen molar-refractivity contribution in [3.63, 3.8) is 0 Å². The second-order valence-electron chi connectivity index (χ2n) is 10.00. The SMILES string of the molecule is C#CCN(CCOP(=O)(O)OCC[N+](C)(C)C)C(=O)CN(CC#C)C(=O)CN(CC#C)C(=O)c1cnc(SC)c([N+](=O)[O-])c1. The largest absolute Gasteiger partial charge is 0.472 e. The van der Waals surface area contributed by atoms with Crippen LogP contribution in [0.2, 0.25) is 0 Å². The number of aromatic nitrogens is 1. The highest BCUT2D eigenvalue weighted by Crippen LogP contribution is 2.42. The molecule has 1 rings (SSSR count). The monoisotopic (exact) mass is 651 g/mol. The predicted octanol–water partition coefficient (Wildman–Crippen LogP) is 0.551. The van der Waals surface area contributed by atoms with Gasteiger partial charge in [0.15, 0.2) is 5.03 Å². The van der Waals surface area contributed by atoms with Crippen LogP contribution < -0.4 is 0 Å². The molecule has 1 aromatic heterocycles. The molecule has 1 atom stereocenters.